The quantitative estimate of drug-likeness (QED) is 0.676. The number of ketones is 1. The summed E-state index contributed by atoms with van der Waals surface area (Å²) in [5.74, 6) is -0.831. The van der Waals surface area contributed by atoms with Gasteiger partial charge in [-0.2, -0.15) is 0 Å². The number of hydrogen-bond acceptors (Lipinski definition) is 4. The number of benzene rings is 2. The molecule has 0 aliphatic heterocycles. The van der Waals surface area contributed by atoms with Crippen LogP contribution in [0.4, 0.5) is 0 Å². The van der Waals surface area contributed by atoms with Crippen molar-refractivity contribution in [3.63, 3.8) is 0 Å². The SMILES string of the molecule is CCC(=O)CC[C@H](NC(=O)C(C)(c1ccccc1)c1ccccc1)C(=O)OC. The van der Waals surface area contributed by atoms with Gasteiger partial charge in [-0.05, 0) is 24.5 Å². The first kappa shape index (κ1) is 21.4. The molecule has 5 nitrogen and oxygen atoms in total. The van der Waals surface area contributed by atoms with Gasteiger partial charge in [-0.15, -0.1) is 0 Å². The molecule has 0 spiro atoms. The molecule has 1 amide bonds. The minimum Gasteiger partial charge on any atom is -0.467 e. The highest BCUT2D eigenvalue weighted by atomic mass is 16.5. The maximum absolute atomic E-state index is 13.4. The van der Waals surface area contributed by atoms with Crippen LogP contribution in [-0.2, 0) is 24.5 Å². The van der Waals surface area contributed by atoms with Crippen molar-refractivity contribution in [1.29, 1.82) is 0 Å². The van der Waals surface area contributed by atoms with Crippen LogP contribution in [0.15, 0.2) is 60.7 Å². The average molecular weight is 381 g/mol. The van der Waals surface area contributed by atoms with E-state index >= 15 is 0 Å². The number of esters is 1. The van der Waals surface area contributed by atoms with E-state index in [0.29, 0.717) is 6.42 Å². The molecule has 5 heteroatoms. The maximum atomic E-state index is 13.4. The second kappa shape index (κ2) is 9.83. The zero-order valence-corrected chi connectivity index (χ0v) is 16.6. The highest BCUT2D eigenvalue weighted by Crippen LogP contribution is 2.32. The summed E-state index contributed by atoms with van der Waals surface area (Å²) in [5.41, 5.74) is 0.628. The lowest BCUT2D eigenvalue weighted by Gasteiger charge is -2.31. The van der Waals surface area contributed by atoms with Crippen molar-refractivity contribution in [2.75, 3.05) is 7.11 Å². The van der Waals surface area contributed by atoms with Crippen LogP contribution in [0.25, 0.3) is 0 Å². The fourth-order valence-electron chi connectivity index (χ4n) is 3.15. The smallest absolute Gasteiger partial charge is 0.328 e. The van der Waals surface area contributed by atoms with E-state index in [4.69, 9.17) is 4.74 Å². The number of methoxy groups -OCH3 is 1. The molecule has 2 rings (SSSR count). The van der Waals surface area contributed by atoms with Gasteiger partial charge in [0, 0.05) is 12.8 Å². The van der Waals surface area contributed by atoms with Gasteiger partial charge in [-0.3, -0.25) is 9.59 Å². The Hall–Kier alpha value is -2.95. The number of carbonyl (C=O) groups is 3. The predicted octanol–water partition coefficient (Wildman–Crippen LogP) is 3.41. The molecule has 0 radical (unpaired) electrons. The Morgan fingerprint density at radius 3 is 1.89 bits per heavy atom. The van der Waals surface area contributed by atoms with Crippen LogP contribution in [-0.4, -0.2) is 30.8 Å². The molecule has 2 aromatic carbocycles. The zero-order chi connectivity index (χ0) is 20.6. The van der Waals surface area contributed by atoms with Crippen LogP contribution in [0, 0.1) is 0 Å². The Kier molecular flexibility index (Phi) is 7.50. The summed E-state index contributed by atoms with van der Waals surface area (Å²) in [6.45, 7) is 3.61. The minimum absolute atomic E-state index is 0.0389. The van der Waals surface area contributed by atoms with Gasteiger partial charge >= 0.3 is 5.97 Å². The summed E-state index contributed by atoms with van der Waals surface area (Å²) in [4.78, 5) is 37.3. The highest BCUT2D eigenvalue weighted by Gasteiger charge is 2.39. The minimum atomic E-state index is -0.996. The third-order valence-electron chi connectivity index (χ3n) is 5.05. The fourth-order valence-corrected chi connectivity index (χ4v) is 3.15. The molecule has 0 aromatic heterocycles. The van der Waals surface area contributed by atoms with E-state index in [0.717, 1.165) is 11.1 Å². The monoisotopic (exact) mass is 381 g/mol. The lowest BCUT2D eigenvalue weighted by Crippen LogP contribution is -2.50. The van der Waals surface area contributed by atoms with Gasteiger partial charge in [0.15, 0.2) is 0 Å². The zero-order valence-electron chi connectivity index (χ0n) is 16.6. The molecule has 0 aliphatic carbocycles. The molecular weight excluding hydrogens is 354 g/mol. The van der Waals surface area contributed by atoms with E-state index < -0.39 is 17.4 Å². The van der Waals surface area contributed by atoms with Gasteiger partial charge in [-0.1, -0.05) is 67.6 Å². The second-order valence-corrected chi connectivity index (χ2v) is 6.84. The first-order valence-corrected chi connectivity index (χ1v) is 9.45. The Morgan fingerprint density at radius 1 is 0.964 bits per heavy atom. The Labute approximate surface area is 166 Å². The standard InChI is InChI=1S/C23H27NO4/c1-4-19(25)15-16-20(21(26)28-3)24-22(27)23(2,17-11-7-5-8-12-17)18-13-9-6-10-14-18/h5-14,20H,4,15-16H2,1-3H3,(H,24,27)/t20-/m0/s1. The summed E-state index contributed by atoms with van der Waals surface area (Å²) < 4.78 is 4.84. The van der Waals surface area contributed by atoms with Gasteiger partial charge in [0.25, 0.3) is 0 Å². The Morgan fingerprint density at radius 2 is 1.46 bits per heavy atom. The van der Waals surface area contributed by atoms with Crippen molar-refractivity contribution in [2.45, 2.75) is 44.6 Å². The van der Waals surface area contributed by atoms with E-state index in [9.17, 15) is 14.4 Å². The third-order valence-corrected chi connectivity index (χ3v) is 5.05. The predicted molar refractivity (Wildman–Crippen MR) is 108 cm³/mol. The van der Waals surface area contributed by atoms with Gasteiger partial charge in [0.2, 0.25) is 5.91 Å². The van der Waals surface area contributed by atoms with Crippen molar-refractivity contribution >= 4 is 17.7 Å². The van der Waals surface area contributed by atoms with Crippen molar-refractivity contribution in [1.82, 2.24) is 5.32 Å². The van der Waals surface area contributed by atoms with E-state index in [-0.39, 0.29) is 24.5 Å². The molecule has 0 bridgehead atoms. The molecule has 0 saturated heterocycles. The number of carbonyl (C=O) groups excluding carboxylic acids is 3. The summed E-state index contributed by atoms with van der Waals surface area (Å²) in [6.07, 6.45) is 0.822. The van der Waals surface area contributed by atoms with Crippen LogP contribution in [0.2, 0.25) is 0 Å². The van der Waals surface area contributed by atoms with Gasteiger partial charge in [0.1, 0.15) is 11.8 Å². The molecule has 1 atom stereocenters. The largest absolute Gasteiger partial charge is 0.467 e. The molecular formula is C23H27NO4. The number of ether oxygens (including phenoxy) is 1. The van der Waals surface area contributed by atoms with E-state index in [2.05, 4.69) is 5.32 Å². The first-order chi connectivity index (χ1) is 13.4. The van der Waals surface area contributed by atoms with Crippen LogP contribution < -0.4 is 5.32 Å². The van der Waals surface area contributed by atoms with Gasteiger partial charge in [0.05, 0.1) is 12.5 Å². The molecule has 0 heterocycles. The number of rotatable bonds is 9. The molecule has 28 heavy (non-hydrogen) atoms. The topological polar surface area (TPSA) is 72.5 Å². The van der Waals surface area contributed by atoms with Gasteiger partial charge < -0.3 is 10.1 Å². The summed E-state index contributed by atoms with van der Waals surface area (Å²) >= 11 is 0. The molecule has 0 fully saturated rings. The number of nitrogens with one attached hydrogen (secondary N) is 1. The van der Waals surface area contributed by atoms with Crippen LogP contribution in [0.3, 0.4) is 0 Å². The van der Waals surface area contributed by atoms with Crippen molar-refractivity contribution in [3.05, 3.63) is 71.8 Å². The van der Waals surface area contributed by atoms with E-state index in [1.165, 1.54) is 7.11 Å². The normalized spacial score (nSPS) is 12.1. The molecule has 0 aliphatic rings. The lowest BCUT2D eigenvalue weighted by atomic mass is 9.75. The third kappa shape index (κ3) is 4.85. The van der Waals surface area contributed by atoms with Crippen molar-refractivity contribution in [2.24, 2.45) is 0 Å². The molecule has 0 saturated carbocycles. The molecule has 0 unspecified atom stereocenters. The first-order valence-electron chi connectivity index (χ1n) is 9.45. The molecule has 1 N–H and O–H groups in total. The van der Waals surface area contributed by atoms with E-state index in [1.807, 2.05) is 67.6 Å². The maximum Gasteiger partial charge on any atom is 0.328 e. The molecule has 2 aromatic rings. The second-order valence-electron chi connectivity index (χ2n) is 6.84. The summed E-state index contributed by atoms with van der Waals surface area (Å²) in [7, 11) is 1.27. The Bertz CT molecular complexity index is 762. The molecule has 148 valence electrons. The van der Waals surface area contributed by atoms with Crippen LogP contribution in [0.5, 0.6) is 0 Å². The van der Waals surface area contributed by atoms with Crippen molar-refractivity contribution in [3.8, 4) is 0 Å². The van der Waals surface area contributed by atoms with Crippen LogP contribution >= 0.6 is 0 Å². The Balaban J connectivity index is 2.36. The summed E-state index contributed by atoms with van der Waals surface area (Å²) in [5, 5.41) is 2.82. The highest BCUT2D eigenvalue weighted by molar-refractivity contribution is 5.94. The van der Waals surface area contributed by atoms with E-state index in [1.54, 1.807) is 6.92 Å². The number of amides is 1. The lowest BCUT2D eigenvalue weighted by molar-refractivity contribution is -0.145. The average Bonchev–Trinajstić information content (AvgIpc) is 2.76. The number of hydrogen-bond donors (Lipinski definition) is 1. The number of Topliss-reactive ketones (excluding diaryl/α,β-unsaturated/α-hetero) is 1. The van der Waals surface area contributed by atoms with Crippen LogP contribution in [0.1, 0.15) is 44.2 Å². The van der Waals surface area contributed by atoms with Gasteiger partial charge in [-0.25, -0.2) is 4.79 Å². The van der Waals surface area contributed by atoms with Crippen molar-refractivity contribution < 1.29 is 19.1 Å². The summed E-state index contributed by atoms with van der Waals surface area (Å²) in [6, 6.07) is 18.0. The fraction of sp³-hybridized carbons (Fsp3) is 0.348.